The molecule has 1 aliphatic rings. The zero-order valence-corrected chi connectivity index (χ0v) is 14.1. The van der Waals surface area contributed by atoms with E-state index in [2.05, 4.69) is 0 Å². The molecule has 1 aliphatic heterocycles. The molecule has 0 atom stereocenters. The van der Waals surface area contributed by atoms with Gasteiger partial charge < -0.3 is 19.2 Å². The molecule has 0 radical (unpaired) electrons. The minimum atomic E-state index is -0.355. The normalized spacial score (nSPS) is 14.7. The van der Waals surface area contributed by atoms with Crippen LogP contribution in [0.15, 0.2) is 15.3 Å². The molecular formula is C18H19NO6. The molecule has 1 amide bonds. The van der Waals surface area contributed by atoms with Crippen LogP contribution in [0.5, 0.6) is 5.75 Å². The van der Waals surface area contributed by atoms with Gasteiger partial charge in [0.2, 0.25) is 5.91 Å². The van der Waals surface area contributed by atoms with Crippen LogP contribution in [0.3, 0.4) is 0 Å². The van der Waals surface area contributed by atoms with Gasteiger partial charge >= 0.3 is 0 Å². The molecule has 0 aliphatic carbocycles. The standard InChI is InChI=1S/C18H19NO6/c1-10-7-13-17(23)12(8-15(21)19-3-5-24-6-4-19)11(2)25-18(13)14(9-20)16(10)22/h7,9,22H,3-6,8H2,1-2H3. The van der Waals surface area contributed by atoms with Crippen molar-refractivity contribution in [3.05, 3.63) is 38.7 Å². The number of carbonyl (C=O) groups excluding carboxylic acids is 2. The molecule has 2 heterocycles. The van der Waals surface area contributed by atoms with E-state index >= 15 is 0 Å². The number of aromatic hydroxyl groups is 1. The molecule has 1 aromatic carbocycles. The number of morpholine rings is 1. The van der Waals surface area contributed by atoms with E-state index in [1.165, 1.54) is 6.07 Å². The summed E-state index contributed by atoms with van der Waals surface area (Å²) >= 11 is 0. The minimum Gasteiger partial charge on any atom is -0.507 e. The first-order valence-electron chi connectivity index (χ1n) is 8.03. The largest absolute Gasteiger partial charge is 0.507 e. The number of rotatable bonds is 3. The van der Waals surface area contributed by atoms with Gasteiger partial charge in [-0.2, -0.15) is 0 Å². The third-order valence-electron chi connectivity index (χ3n) is 4.49. The lowest BCUT2D eigenvalue weighted by molar-refractivity contribution is -0.134. The van der Waals surface area contributed by atoms with Crippen molar-refractivity contribution in [2.45, 2.75) is 20.3 Å². The van der Waals surface area contributed by atoms with Crippen molar-refractivity contribution >= 4 is 23.2 Å². The number of phenolic OH excluding ortho intramolecular Hbond substituents is 1. The summed E-state index contributed by atoms with van der Waals surface area (Å²) in [6, 6.07) is 1.48. The quantitative estimate of drug-likeness (QED) is 0.843. The van der Waals surface area contributed by atoms with E-state index in [4.69, 9.17) is 9.15 Å². The molecule has 7 heteroatoms. The zero-order chi connectivity index (χ0) is 18.1. The Morgan fingerprint density at radius 2 is 2.00 bits per heavy atom. The Morgan fingerprint density at radius 1 is 1.32 bits per heavy atom. The van der Waals surface area contributed by atoms with Crippen LogP contribution in [0.25, 0.3) is 11.0 Å². The molecule has 0 spiro atoms. The van der Waals surface area contributed by atoms with Gasteiger partial charge in [-0.05, 0) is 25.5 Å². The summed E-state index contributed by atoms with van der Waals surface area (Å²) in [5.74, 6) is -0.100. The molecule has 1 fully saturated rings. The fraction of sp³-hybridized carbons (Fsp3) is 0.389. The molecule has 132 valence electrons. The highest BCUT2D eigenvalue weighted by atomic mass is 16.5. The number of hydrogen-bond acceptors (Lipinski definition) is 6. The zero-order valence-electron chi connectivity index (χ0n) is 14.1. The van der Waals surface area contributed by atoms with Crippen molar-refractivity contribution in [2.75, 3.05) is 26.3 Å². The van der Waals surface area contributed by atoms with Gasteiger partial charge in [0.05, 0.1) is 30.6 Å². The van der Waals surface area contributed by atoms with Crippen molar-refractivity contribution in [3.8, 4) is 5.75 Å². The highest BCUT2D eigenvalue weighted by Crippen LogP contribution is 2.29. The molecule has 25 heavy (non-hydrogen) atoms. The smallest absolute Gasteiger partial charge is 0.227 e. The molecule has 7 nitrogen and oxygen atoms in total. The van der Waals surface area contributed by atoms with Crippen LogP contribution in [0.2, 0.25) is 0 Å². The third kappa shape index (κ3) is 3.02. The van der Waals surface area contributed by atoms with E-state index in [1.807, 2.05) is 0 Å². The van der Waals surface area contributed by atoms with Gasteiger partial charge in [-0.15, -0.1) is 0 Å². The van der Waals surface area contributed by atoms with Crippen molar-refractivity contribution < 1.29 is 23.8 Å². The molecule has 0 saturated carbocycles. The number of aryl methyl sites for hydroxylation is 2. The number of aldehydes is 1. The van der Waals surface area contributed by atoms with Crippen LogP contribution in [0.1, 0.15) is 27.2 Å². The number of phenols is 1. The Hall–Kier alpha value is -2.67. The summed E-state index contributed by atoms with van der Waals surface area (Å²) in [7, 11) is 0. The highest BCUT2D eigenvalue weighted by molar-refractivity contribution is 5.98. The lowest BCUT2D eigenvalue weighted by Gasteiger charge is -2.27. The van der Waals surface area contributed by atoms with Crippen LogP contribution in [0.4, 0.5) is 0 Å². The number of hydrogen-bond donors (Lipinski definition) is 1. The van der Waals surface area contributed by atoms with Gasteiger partial charge in [0.1, 0.15) is 11.5 Å². The summed E-state index contributed by atoms with van der Waals surface area (Å²) < 4.78 is 10.9. The third-order valence-corrected chi connectivity index (χ3v) is 4.49. The predicted octanol–water partition coefficient (Wildman–Crippen LogP) is 1.33. The second kappa shape index (κ2) is 6.68. The summed E-state index contributed by atoms with van der Waals surface area (Å²) in [5.41, 5.74) is 0.304. The van der Waals surface area contributed by atoms with Crippen LogP contribution in [-0.2, 0) is 16.0 Å². The van der Waals surface area contributed by atoms with Crippen molar-refractivity contribution in [2.24, 2.45) is 0 Å². The van der Waals surface area contributed by atoms with E-state index in [0.29, 0.717) is 38.2 Å². The Kier molecular flexibility index (Phi) is 4.59. The van der Waals surface area contributed by atoms with E-state index in [0.717, 1.165) is 0 Å². The highest BCUT2D eigenvalue weighted by Gasteiger charge is 2.23. The second-order valence-corrected chi connectivity index (χ2v) is 6.09. The number of carbonyl (C=O) groups is 2. The van der Waals surface area contributed by atoms with Crippen molar-refractivity contribution in [1.82, 2.24) is 4.90 Å². The summed E-state index contributed by atoms with van der Waals surface area (Å²) in [6.07, 6.45) is 0.395. The number of amides is 1. The Morgan fingerprint density at radius 3 is 2.64 bits per heavy atom. The van der Waals surface area contributed by atoms with Crippen LogP contribution in [0, 0.1) is 13.8 Å². The maximum atomic E-state index is 12.8. The fourth-order valence-electron chi connectivity index (χ4n) is 3.02. The topological polar surface area (TPSA) is 97.0 Å². The average Bonchev–Trinajstić information content (AvgIpc) is 2.61. The Labute approximate surface area is 143 Å². The monoisotopic (exact) mass is 345 g/mol. The van der Waals surface area contributed by atoms with Gasteiger partial charge in [-0.25, -0.2) is 0 Å². The summed E-state index contributed by atoms with van der Waals surface area (Å²) in [6.45, 7) is 5.14. The number of ether oxygens (including phenoxy) is 1. The van der Waals surface area contributed by atoms with E-state index in [-0.39, 0.29) is 51.4 Å². The van der Waals surface area contributed by atoms with Gasteiger partial charge in [-0.3, -0.25) is 14.4 Å². The van der Waals surface area contributed by atoms with Crippen LogP contribution >= 0.6 is 0 Å². The van der Waals surface area contributed by atoms with Crippen LogP contribution in [-0.4, -0.2) is 48.5 Å². The minimum absolute atomic E-state index is 0.0446. The maximum absolute atomic E-state index is 12.8. The summed E-state index contributed by atoms with van der Waals surface area (Å²) in [5, 5.41) is 10.2. The first kappa shape index (κ1) is 17.2. The predicted molar refractivity (Wildman–Crippen MR) is 90.1 cm³/mol. The Bertz CT molecular complexity index is 908. The maximum Gasteiger partial charge on any atom is 0.227 e. The van der Waals surface area contributed by atoms with Crippen LogP contribution < -0.4 is 5.43 Å². The Balaban J connectivity index is 2.08. The van der Waals surface area contributed by atoms with Gasteiger partial charge in [0.15, 0.2) is 17.3 Å². The van der Waals surface area contributed by atoms with E-state index in [1.54, 1.807) is 18.7 Å². The molecular weight excluding hydrogens is 326 g/mol. The van der Waals surface area contributed by atoms with Gasteiger partial charge in [0, 0.05) is 18.7 Å². The molecule has 2 aromatic rings. The molecule has 1 N–H and O–H groups in total. The van der Waals surface area contributed by atoms with Crippen molar-refractivity contribution in [3.63, 3.8) is 0 Å². The lowest BCUT2D eigenvalue weighted by Crippen LogP contribution is -2.42. The summed E-state index contributed by atoms with van der Waals surface area (Å²) in [4.78, 5) is 38.2. The van der Waals surface area contributed by atoms with E-state index in [9.17, 15) is 19.5 Å². The number of fused-ring (bicyclic) bond motifs is 1. The van der Waals surface area contributed by atoms with E-state index < -0.39 is 0 Å². The average molecular weight is 345 g/mol. The van der Waals surface area contributed by atoms with Crippen molar-refractivity contribution in [1.29, 1.82) is 0 Å². The second-order valence-electron chi connectivity index (χ2n) is 6.09. The molecule has 0 unspecified atom stereocenters. The molecule has 1 aromatic heterocycles. The van der Waals surface area contributed by atoms with Gasteiger partial charge in [0.25, 0.3) is 0 Å². The number of benzene rings is 1. The fourth-order valence-corrected chi connectivity index (χ4v) is 3.02. The lowest BCUT2D eigenvalue weighted by atomic mass is 10.0. The SMILES string of the molecule is Cc1cc2c(=O)c(CC(=O)N3CCOCC3)c(C)oc2c(C=O)c1O. The molecule has 0 bridgehead atoms. The first-order valence-corrected chi connectivity index (χ1v) is 8.03. The first-order chi connectivity index (χ1) is 11.9. The molecule has 3 rings (SSSR count). The number of nitrogens with zero attached hydrogens (tertiary/aromatic N) is 1. The molecule has 1 saturated heterocycles. The van der Waals surface area contributed by atoms with Gasteiger partial charge in [-0.1, -0.05) is 0 Å².